The van der Waals surface area contributed by atoms with E-state index in [1.807, 2.05) is 20.8 Å². The molecule has 1 aliphatic rings. The number of hydrogen-bond donors (Lipinski definition) is 2. The van der Waals surface area contributed by atoms with Gasteiger partial charge in [0.15, 0.2) is 0 Å². The van der Waals surface area contributed by atoms with Gasteiger partial charge in [-0.25, -0.2) is 4.79 Å². The van der Waals surface area contributed by atoms with Crippen LogP contribution in [0, 0.1) is 0 Å². The van der Waals surface area contributed by atoms with Crippen LogP contribution >= 0.6 is 0 Å². The number of nitrogens with one attached hydrogen (secondary N) is 2. The van der Waals surface area contributed by atoms with Gasteiger partial charge < -0.3 is 15.4 Å². The molecule has 0 bridgehead atoms. The average Bonchev–Trinajstić information content (AvgIpc) is 2.14. The summed E-state index contributed by atoms with van der Waals surface area (Å²) in [5.74, 6) is 0. The van der Waals surface area contributed by atoms with Gasteiger partial charge in [0.2, 0.25) is 0 Å². The van der Waals surface area contributed by atoms with Crippen molar-refractivity contribution in [3.63, 3.8) is 0 Å². The Hall–Kier alpha value is -0.810. The molecule has 0 aromatic heterocycles. The van der Waals surface area contributed by atoms with E-state index in [0.29, 0.717) is 12.6 Å². The SMILES string of the molecule is CN1CCNCC1CNC(=O)OC(C)(C)C. The number of rotatable bonds is 2. The fraction of sp³-hybridized carbons (Fsp3) is 0.909. The molecule has 1 rings (SSSR count). The molecule has 94 valence electrons. The van der Waals surface area contributed by atoms with Crippen LogP contribution in [0.2, 0.25) is 0 Å². The number of nitrogens with zero attached hydrogens (tertiary/aromatic N) is 1. The highest BCUT2D eigenvalue weighted by Gasteiger charge is 2.21. The number of hydrogen-bond acceptors (Lipinski definition) is 4. The average molecular weight is 229 g/mol. The number of alkyl carbamates (subject to hydrolysis) is 1. The van der Waals surface area contributed by atoms with Crippen LogP contribution in [0.25, 0.3) is 0 Å². The van der Waals surface area contributed by atoms with Crippen LogP contribution in [0.3, 0.4) is 0 Å². The molecule has 1 unspecified atom stereocenters. The number of ether oxygens (including phenoxy) is 1. The predicted molar refractivity (Wildman–Crippen MR) is 63.5 cm³/mol. The normalized spacial score (nSPS) is 22.9. The van der Waals surface area contributed by atoms with Gasteiger partial charge in [-0.15, -0.1) is 0 Å². The second kappa shape index (κ2) is 5.50. The van der Waals surface area contributed by atoms with Crippen molar-refractivity contribution >= 4 is 6.09 Å². The number of amides is 1. The Labute approximate surface area is 97.5 Å². The van der Waals surface area contributed by atoms with Gasteiger partial charge in [-0.05, 0) is 27.8 Å². The summed E-state index contributed by atoms with van der Waals surface area (Å²) < 4.78 is 5.18. The van der Waals surface area contributed by atoms with Crippen LogP contribution in [-0.2, 0) is 4.74 Å². The smallest absolute Gasteiger partial charge is 0.407 e. The zero-order valence-corrected chi connectivity index (χ0v) is 10.7. The largest absolute Gasteiger partial charge is 0.444 e. The molecule has 1 amide bonds. The number of piperazine rings is 1. The molecule has 0 aromatic rings. The van der Waals surface area contributed by atoms with Crippen LogP contribution in [0.4, 0.5) is 4.79 Å². The Morgan fingerprint density at radius 3 is 2.81 bits per heavy atom. The van der Waals surface area contributed by atoms with E-state index in [-0.39, 0.29) is 6.09 Å². The molecule has 1 atom stereocenters. The molecule has 1 heterocycles. The molecule has 0 spiro atoms. The minimum absolute atomic E-state index is 0.341. The van der Waals surface area contributed by atoms with E-state index in [1.165, 1.54) is 0 Å². The molecular formula is C11H23N3O2. The third-order valence-corrected chi connectivity index (χ3v) is 2.53. The number of carbonyl (C=O) groups excluding carboxylic acids is 1. The van der Waals surface area contributed by atoms with E-state index < -0.39 is 5.60 Å². The standard InChI is InChI=1S/C11H23N3O2/c1-11(2,3)16-10(15)13-8-9-7-12-5-6-14(9)4/h9,12H,5-8H2,1-4H3,(H,13,15). The third-order valence-electron chi connectivity index (χ3n) is 2.53. The Morgan fingerprint density at radius 1 is 1.56 bits per heavy atom. The molecule has 2 N–H and O–H groups in total. The van der Waals surface area contributed by atoms with Crippen LogP contribution in [-0.4, -0.2) is 55.9 Å². The van der Waals surface area contributed by atoms with Crippen LogP contribution in [0.1, 0.15) is 20.8 Å². The van der Waals surface area contributed by atoms with Crippen molar-refractivity contribution in [3.05, 3.63) is 0 Å². The lowest BCUT2D eigenvalue weighted by Crippen LogP contribution is -2.54. The minimum Gasteiger partial charge on any atom is -0.444 e. The molecule has 0 aliphatic carbocycles. The molecule has 0 saturated carbocycles. The third kappa shape index (κ3) is 4.81. The van der Waals surface area contributed by atoms with Gasteiger partial charge in [0.25, 0.3) is 0 Å². The molecule has 0 aromatic carbocycles. The molecule has 1 aliphatic heterocycles. The Balaban J connectivity index is 2.25. The summed E-state index contributed by atoms with van der Waals surface area (Å²) in [5, 5.41) is 6.10. The van der Waals surface area contributed by atoms with Gasteiger partial charge in [-0.1, -0.05) is 0 Å². The molecule has 1 saturated heterocycles. The maximum absolute atomic E-state index is 11.4. The van der Waals surface area contributed by atoms with Crippen LogP contribution in [0.5, 0.6) is 0 Å². The topological polar surface area (TPSA) is 53.6 Å². The first-order valence-electron chi connectivity index (χ1n) is 5.76. The maximum atomic E-state index is 11.4. The number of carbonyl (C=O) groups is 1. The zero-order chi connectivity index (χ0) is 12.2. The second-order valence-electron chi connectivity index (χ2n) is 5.22. The Kier molecular flexibility index (Phi) is 4.56. The summed E-state index contributed by atoms with van der Waals surface area (Å²) in [6, 6.07) is 0.348. The van der Waals surface area contributed by atoms with E-state index in [2.05, 4.69) is 22.6 Å². The van der Waals surface area contributed by atoms with Gasteiger partial charge in [0, 0.05) is 32.2 Å². The molecule has 5 nitrogen and oxygen atoms in total. The lowest BCUT2D eigenvalue weighted by Gasteiger charge is -2.33. The summed E-state index contributed by atoms with van der Waals surface area (Å²) >= 11 is 0. The second-order valence-corrected chi connectivity index (χ2v) is 5.22. The summed E-state index contributed by atoms with van der Waals surface area (Å²) in [4.78, 5) is 13.7. The number of likely N-dealkylation sites (N-methyl/N-ethyl adjacent to an activating group) is 1. The first-order chi connectivity index (χ1) is 7.38. The molecule has 5 heteroatoms. The minimum atomic E-state index is -0.430. The molecular weight excluding hydrogens is 206 g/mol. The van der Waals surface area contributed by atoms with E-state index in [4.69, 9.17) is 4.74 Å². The van der Waals surface area contributed by atoms with E-state index >= 15 is 0 Å². The summed E-state index contributed by atoms with van der Waals surface area (Å²) in [7, 11) is 2.07. The van der Waals surface area contributed by atoms with Gasteiger partial charge in [-0.3, -0.25) is 4.90 Å². The van der Waals surface area contributed by atoms with Crippen LogP contribution < -0.4 is 10.6 Å². The maximum Gasteiger partial charge on any atom is 0.407 e. The van der Waals surface area contributed by atoms with Gasteiger partial charge in [0.05, 0.1) is 0 Å². The highest BCUT2D eigenvalue weighted by atomic mass is 16.6. The Bertz CT molecular complexity index is 238. The van der Waals surface area contributed by atoms with Crippen molar-refractivity contribution in [1.82, 2.24) is 15.5 Å². The van der Waals surface area contributed by atoms with Crippen molar-refractivity contribution in [1.29, 1.82) is 0 Å². The van der Waals surface area contributed by atoms with E-state index in [9.17, 15) is 4.79 Å². The highest BCUT2D eigenvalue weighted by molar-refractivity contribution is 5.67. The molecule has 16 heavy (non-hydrogen) atoms. The Morgan fingerprint density at radius 2 is 2.25 bits per heavy atom. The van der Waals surface area contributed by atoms with Crippen molar-refractivity contribution in [2.45, 2.75) is 32.4 Å². The summed E-state index contributed by atoms with van der Waals surface area (Å²) in [6.07, 6.45) is -0.341. The van der Waals surface area contributed by atoms with Crippen molar-refractivity contribution in [2.24, 2.45) is 0 Å². The lowest BCUT2D eigenvalue weighted by atomic mass is 10.2. The predicted octanol–water partition coefficient (Wildman–Crippen LogP) is 0.415. The monoisotopic (exact) mass is 229 g/mol. The van der Waals surface area contributed by atoms with Crippen molar-refractivity contribution in [2.75, 3.05) is 33.2 Å². The lowest BCUT2D eigenvalue weighted by molar-refractivity contribution is 0.0507. The fourth-order valence-corrected chi connectivity index (χ4v) is 1.61. The van der Waals surface area contributed by atoms with E-state index in [0.717, 1.165) is 19.6 Å². The van der Waals surface area contributed by atoms with Crippen molar-refractivity contribution in [3.8, 4) is 0 Å². The summed E-state index contributed by atoms with van der Waals surface area (Å²) in [5.41, 5.74) is -0.430. The van der Waals surface area contributed by atoms with E-state index in [1.54, 1.807) is 0 Å². The zero-order valence-electron chi connectivity index (χ0n) is 10.7. The van der Waals surface area contributed by atoms with Gasteiger partial charge in [0.1, 0.15) is 5.60 Å². The quantitative estimate of drug-likeness (QED) is 0.720. The first-order valence-corrected chi connectivity index (χ1v) is 5.76. The fourth-order valence-electron chi connectivity index (χ4n) is 1.61. The van der Waals surface area contributed by atoms with Crippen molar-refractivity contribution < 1.29 is 9.53 Å². The van der Waals surface area contributed by atoms with Gasteiger partial charge in [-0.2, -0.15) is 0 Å². The molecule has 0 radical (unpaired) electrons. The van der Waals surface area contributed by atoms with Gasteiger partial charge >= 0.3 is 6.09 Å². The molecule has 1 fully saturated rings. The first kappa shape index (κ1) is 13.3. The summed E-state index contributed by atoms with van der Waals surface area (Å²) in [6.45, 7) is 9.15. The van der Waals surface area contributed by atoms with Crippen LogP contribution in [0.15, 0.2) is 0 Å². The highest BCUT2D eigenvalue weighted by Crippen LogP contribution is 2.06.